The Labute approximate surface area is 186 Å². The number of benzene rings is 2. The Hall–Kier alpha value is -3.19. The van der Waals surface area contributed by atoms with Gasteiger partial charge in [0.2, 0.25) is 5.91 Å². The van der Waals surface area contributed by atoms with E-state index >= 15 is 0 Å². The highest BCUT2D eigenvalue weighted by atomic mass is 32.1. The lowest BCUT2D eigenvalue weighted by atomic mass is 10.1. The highest BCUT2D eigenvalue weighted by molar-refractivity contribution is 7.13. The normalized spacial score (nSPS) is 15.9. The third-order valence-corrected chi connectivity index (χ3v) is 6.32. The third-order valence-electron chi connectivity index (χ3n) is 5.38. The van der Waals surface area contributed by atoms with Gasteiger partial charge >= 0.3 is 5.97 Å². The number of ether oxygens (including phenoxy) is 1. The van der Waals surface area contributed by atoms with E-state index in [1.54, 1.807) is 30.4 Å². The van der Waals surface area contributed by atoms with Crippen molar-refractivity contribution in [1.82, 2.24) is 4.98 Å². The number of para-hydroxylation sites is 2. The average Bonchev–Trinajstić information content (AvgIpc) is 3.19. The minimum atomic E-state index is -0.347. The molecule has 1 aromatic heterocycles. The van der Waals surface area contributed by atoms with E-state index in [1.807, 2.05) is 35.2 Å². The Morgan fingerprint density at radius 3 is 2.48 bits per heavy atom. The molecule has 31 heavy (non-hydrogen) atoms. The Bertz CT molecular complexity index is 1090. The zero-order valence-electron chi connectivity index (χ0n) is 17.9. The van der Waals surface area contributed by atoms with Crippen molar-refractivity contribution in [1.29, 1.82) is 0 Å². The topological polar surface area (TPSA) is 62.7 Å². The lowest BCUT2D eigenvalue weighted by Crippen LogP contribution is -2.33. The quantitative estimate of drug-likeness (QED) is 0.560. The molecular formula is C24H25N3O3S. The van der Waals surface area contributed by atoms with Gasteiger partial charge in [-0.2, -0.15) is 0 Å². The van der Waals surface area contributed by atoms with Crippen molar-refractivity contribution in [2.24, 2.45) is 5.92 Å². The number of hydrogen-bond acceptors (Lipinski definition) is 6. The molecule has 2 heterocycles. The van der Waals surface area contributed by atoms with Crippen molar-refractivity contribution < 1.29 is 14.3 Å². The van der Waals surface area contributed by atoms with Gasteiger partial charge in [0.25, 0.3) is 0 Å². The Balaban J connectivity index is 1.58. The van der Waals surface area contributed by atoms with Crippen LogP contribution in [0.25, 0.3) is 10.6 Å². The van der Waals surface area contributed by atoms with Gasteiger partial charge in [-0.15, -0.1) is 11.3 Å². The molecule has 0 saturated heterocycles. The van der Waals surface area contributed by atoms with Gasteiger partial charge in [0.1, 0.15) is 5.01 Å². The van der Waals surface area contributed by atoms with E-state index in [0.717, 1.165) is 34.2 Å². The zero-order chi connectivity index (χ0) is 22.0. The summed E-state index contributed by atoms with van der Waals surface area (Å²) in [6, 6.07) is 15.4. The van der Waals surface area contributed by atoms with Gasteiger partial charge in [-0.05, 0) is 30.2 Å². The molecule has 0 bridgehead atoms. The van der Waals surface area contributed by atoms with E-state index < -0.39 is 0 Å². The predicted molar refractivity (Wildman–Crippen MR) is 124 cm³/mol. The van der Waals surface area contributed by atoms with E-state index in [9.17, 15) is 9.59 Å². The average molecular weight is 436 g/mol. The van der Waals surface area contributed by atoms with Crippen molar-refractivity contribution >= 4 is 34.6 Å². The number of thiazole rings is 1. The van der Waals surface area contributed by atoms with Gasteiger partial charge in [0, 0.05) is 31.0 Å². The molecule has 1 amide bonds. The number of rotatable bonds is 4. The van der Waals surface area contributed by atoms with Crippen molar-refractivity contribution in [3.8, 4) is 10.6 Å². The first-order valence-corrected chi connectivity index (χ1v) is 11.1. The number of aromatic nitrogens is 1. The molecule has 160 valence electrons. The number of anilines is 2. The fourth-order valence-electron chi connectivity index (χ4n) is 3.92. The van der Waals surface area contributed by atoms with E-state index in [-0.39, 0.29) is 11.9 Å². The molecule has 0 aliphatic carbocycles. The van der Waals surface area contributed by atoms with Crippen LogP contribution in [0.4, 0.5) is 11.4 Å². The molecule has 0 saturated carbocycles. The van der Waals surface area contributed by atoms with E-state index in [2.05, 4.69) is 23.3 Å². The highest BCUT2D eigenvalue weighted by Gasteiger charge is 2.26. The smallest absolute Gasteiger partial charge is 0.337 e. The fraction of sp³-hybridized carbons (Fsp3) is 0.292. The van der Waals surface area contributed by atoms with Crippen molar-refractivity contribution in [2.75, 3.05) is 30.0 Å². The van der Waals surface area contributed by atoms with Gasteiger partial charge in [0.15, 0.2) is 0 Å². The van der Waals surface area contributed by atoms with Crippen molar-refractivity contribution in [3.05, 3.63) is 65.2 Å². The molecule has 0 radical (unpaired) electrons. The van der Waals surface area contributed by atoms with Crippen LogP contribution in [0, 0.1) is 5.92 Å². The van der Waals surface area contributed by atoms with Gasteiger partial charge in [-0.25, -0.2) is 9.78 Å². The van der Waals surface area contributed by atoms with Crippen LogP contribution in [0.5, 0.6) is 0 Å². The van der Waals surface area contributed by atoms with Gasteiger partial charge < -0.3 is 14.5 Å². The summed E-state index contributed by atoms with van der Waals surface area (Å²) in [6.45, 7) is 6.02. The molecule has 1 aliphatic rings. The molecule has 2 aromatic carbocycles. The second kappa shape index (κ2) is 8.89. The van der Waals surface area contributed by atoms with Gasteiger partial charge in [-0.3, -0.25) is 4.79 Å². The van der Waals surface area contributed by atoms with Crippen LogP contribution >= 0.6 is 11.3 Å². The van der Waals surface area contributed by atoms with Gasteiger partial charge in [0.05, 0.1) is 36.3 Å². The van der Waals surface area contributed by atoms with Crippen LogP contribution in [-0.2, 0) is 16.1 Å². The summed E-state index contributed by atoms with van der Waals surface area (Å²) in [4.78, 5) is 32.9. The molecule has 0 spiro atoms. The van der Waals surface area contributed by atoms with Crippen LogP contribution in [0.15, 0.2) is 53.9 Å². The SMILES string of the molecule is COC(=O)c1ccc(-c2nc(CN3CC(C)CN(C(C)=O)c4ccccc43)cs2)cc1. The molecule has 7 heteroatoms. The second-order valence-electron chi connectivity index (χ2n) is 7.82. The number of carbonyl (C=O) groups is 2. The first-order valence-electron chi connectivity index (χ1n) is 10.2. The van der Waals surface area contributed by atoms with Crippen LogP contribution in [-0.4, -0.2) is 37.1 Å². The molecule has 1 unspecified atom stereocenters. The molecule has 6 nitrogen and oxygen atoms in total. The van der Waals surface area contributed by atoms with Crippen molar-refractivity contribution in [3.63, 3.8) is 0 Å². The summed E-state index contributed by atoms with van der Waals surface area (Å²) >= 11 is 1.59. The maximum atomic E-state index is 12.2. The standard InChI is InChI=1S/C24H25N3O3S/c1-16-12-26(21-6-4-5-7-22(21)27(13-16)17(2)28)14-20-15-31-23(25-20)18-8-10-19(11-9-18)24(29)30-3/h4-11,15-16H,12-14H2,1-3H3. The third kappa shape index (κ3) is 4.46. The Morgan fingerprint density at radius 1 is 1.10 bits per heavy atom. The minimum absolute atomic E-state index is 0.0625. The van der Waals surface area contributed by atoms with E-state index in [1.165, 1.54) is 7.11 Å². The van der Waals surface area contributed by atoms with Crippen molar-refractivity contribution in [2.45, 2.75) is 20.4 Å². The number of carbonyl (C=O) groups excluding carboxylic acids is 2. The number of methoxy groups -OCH3 is 1. The molecule has 0 N–H and O–H groups in total. The summed E-state index contributed by atoms with van der Waals surface area (Å²) in [5.41, 5.74) is 4.48. The predicted octanol–water partition coefficient (Wildman–Crippen LogP) is 4.61. The number of esters is 1. The monoisotopic (exact) mass is 435 g/mol. The number of hydrogen-bond donors (Lipinski definition) is 0. The number of nitrogens with zero attached hydrogens (tertiary/aromatic N) is 3. The van der Waals surface area contributed by atoms with Crippen LogP contribution < -0.4 is 9.80 Å². The summed E-state index contributed by atoms with van der Waals surface area (Å²) in [5, 5.41) is 2.98. The van der Waals surface area contributed by atoms with Crippen LogP contribution in [0.2, 0.25) is 0 Å². The Kier molecular flexibility index (Phi) is 6.04. The lowest BCUT2D eigenvalue weighted by Gasteiger charge is -2.25. The molecule has 4 rings (SSSR count). The fourth-order valence-corrected chi connectivity index (χ4v) is 4.74. The lowest BCUT2D eigenvalue weighted by molar-refractivity contribution is -0.116. The Morgan fingerprint density at radius 2 is 1.81 bits per heavy atom. The summed E-state index contributed by atoms with van der Waals surface area (Å²) in [6.07, 6.45) is 0. The second-order valence-corrected chi connectivity index (χ2v) is 8.68. The summed E-state index contributed by atoms with van der Waals surface area (Å²) in [5.74, 6) is 0.0488. The molecule has 1 aliphatic heterocycles. The van der Waals surface area contributed by atoms with Crippen LogP contribution in [0.3, 0.4) is 0 Å². The minimum Gasteiger partial charge on any atom is -0.465 e. The molecular weight excluding hydrogens is 410 g/mol. The van der Waals surface area contributed by atoms with E-state index in [4.69, 9.17) is 9.72 Å². The maximum Gasteiger partial charge on any atom is 0.337 e. The first kappa shape index (κ1) is 21.1. The summed E-state index contributed by atoms with van der Waals surface area (Å²) < 4.78 is 4.76. The molecule has 3 aromatic rings. The first-order chi connectivity index (χ1) is 15.0. The molecule has 0 fully saturated rings. The van der Waals surface area contributed by atoms with Crippen LogP contribution in [0.1, 0.15) is 29.9 Å². The van der Waals surface area contributed by atoms with Gasteiger partial charge in [-0.1, -0.05) is 31.2 Å². The molecule has 1 atom stereocenters. The number of fused-ring (bicyclic) bond motifs is 1. The maximum absolute atomic E-state index is 12.2. The zero-order valence-corrected chi connectivity index (χ0v) is 18.7. The summed E-state index contributed by atoms with van der Waals surface area (Å²) in [7, 11) is 1.38. The largest absolute Gasteiger partial charge is 0.465 e. The number of amides is 1. The highest BCUT2D eigenvalue weighted by Crippen LogP contribution is 2.35. The van der Waals surface area contributed by atoms with E-state index in [0.29, 0.717) is 24.6 Å².